The van der Waals surface area contributed by atoms with Crippen molar-refractivity contribution in [2.45, 2.75) is 40.2 Å². The molecule has 0 amide bonds. The van der Waals surface area contributed by atoms with Gasteiger partial charge in [0.05, 0.1) is 24.1 Å². The van der Waals surface area contributed by atoms with Gasteiger partial charge in [0, 0.05) is 6.54 Å². The highest BCUT2D eigenvalue weighted by Gasteiger charge is 2.15. The number of esters is 1. The lowest BCUT2D eigenvalue weighted by atomic mass is 10.1. The number of nitrogens with zero attached hydrogens (tertiary/aromatic N) is 2. The van der Waals surface area contributed by atoms with E-state index in [-0.39, 0.29) is 12.0 Å². The van der Waals surface area contributed by atoms with Gasteiger partial charge in [0.2, 0.25) is 0 Å². The molecule has 1 heterocycles. The number of fused-ring (bicyclic) bond motifs is 1. The maximum Gasteiger partial charge on any atom is 0.313 e. The second kappa shape index (κ2) is 9.37. The number of carbonyl (C=O) groups is 1. The van der Waals surface area contributed by atoms with Crippen LogP contribution in [0.2, 0.25) is 0 Å². The molecule has 0 fully saturated rings. The van der Waals surface area contributed by atoms with E-state index in [0.717, 1.165) is 11.3 Å². The zero-order valence-corrected chi connectivity index (χ0v) is 17.1. The molecule has 0 bridgehead atoms. The van der Waals surface area contributed by atoms with Crippen molar-refractivity contribution in [1.29, 1.82) is 0 Å². The van der Waals surface area contributed by atoms with Gasteiger partial charge < -0.3 is 9.47 Å². The summed E-state index contributed by atoms with van der Waals surface area (Å²) < 4.78 is 12.5. The minimum atomic E-state index is -0.394. The molecule has 0 atom stereocenters. The van der Waals surface area contributed by atoms with Gasteiger partial charge >= 0.3 is 5.97 Å². The molecular weight excluding hydrogens is 368 g/mol. The van der Waals surface area contributed by atoms with E-state index in [1.54, 1.807) is 23.6 Å². The summed E-state index contributed by atoms with van der Waals surface area (Å²) in [6.07, 6.45) is 0.578. The molecule has 0 unspecified atom stereocenters. The van der Waals surface area contributed by atoms with Gasteiger partial charge in [0.1, 0.15) is 18.0 Å². The minimum absolute atomic E-state index is 0.0359. The van der Waals surface area contributed by atoms with E-state index in [4.69, 9.17) is 9.47 Å². The van der Waals surface area contributed by atoms with Crippen molar-refractivity contribution in [3.05, 3.63) is 69.8 Å². The summed E-state index contributed by atoms with van der Waals surface area (Å²) in [5, 5.41) is 0.537. The molecule has 0 spiro atoms. The van der Waals surface area contributed by atoms with Crippen molar-refractivity contribution in [3.63, 3.8) is 0 Å². The summed E-state index contributed by atoms with van der Waals surface area (Å²) in [7, 11) is 0. The van der Waals surface area contributed by atoms with Crippen molar-refractivity contribution in [1.82, 2.24) is 9.55 Å². The van der Waals surface area contributed by atoms with Crippen LogP contribution in [0, 0.1) is 13.8 Å². The number of para-hydroxylation sites is 1. The molecule has 3 rings (SSSR count). The fourth-order valence-corrected chi connectivity index (χ4v) is 3.29. The van der Waals surface area contributed by atoms with Crippen LogP contribution >= 0.6 is 0 Å². The lowest BCUT2D eigenvalue weighted by molar-refractivity contribution is -0.142. The van der Waals surface area contributed by atoms with E-state index in [9.17, 15) is 9.59 Å². The molecule has 2 aromatic carbocycles. The zero-order chi connectivity index (χ0) is 20.8. The smallest absolute Gasteiger partial charge is 0.313 e. The van der Waals surface area contributed by atoms with Crippen molar-refractivity contribution in [2.24, 2.45) is 0 Å². The highest BCUT2D eigenvalue weighted by Crippen LogP contribution is 2.19. The summed E-state index contributed by atoms with van der Waals surface area (Å²) in [5.41, 5.74) is 2.70. The first-order valence-electron chi connectivity index (χ1n) is 9.83. The lowest BCUT2D eigenvalue weighted by Crippen LogP contribution is -2.28. The zero-order valence-electron chi connectivity index (χ0n) is 17.1. The van der Waals surface area contributed by atoms with Gasteiger partial charge in [-0.25, -0.2) is 4.98 Å². The number of ether oxygens (including phenoxy) is 2. The van der Waals surface area contributed by atoms with Crippen LogP contribution in [0.25, 0.3) is 10.9 Å². The Morgan fingerprint density at radius 3 is 2.69 bits per heavy atom. The molecule has 0 aliphatic rings. The monoisotopic (exact) mass is 394 g/mol. The van der Waals surface area contributed by atoms with Crippen LogP contribution in [0.5, 0.6) is 5.75 Å². The first-order valence-corrected chi connectivity index (χ1v) is 9.83. The van der Waals surface area contributed by atoms with Gasteiger partial charge in [-0.05, 0) is 51.0 Å². The highest BCUT2D eigenvalue weighted by molar-refractivity contribution is 5.78. The van der Waals surface area contributed by atoms with E-state index in [1.165, 1.54) is 5.56 Å². The third-order valence-corrected chi connectivity index (χ3v) is 4.66. The van der Waals surface area contributed by atoms with Gasteiger partial charge in [0.15, 0.2) is 0 Å². The normalized spacial score (nSPS) is 10.9. The second-order valence-electron chi connectivity index (χ2n) is 6.95. The van der Waals surface area contributed by atoms with Gasteiger partial charge in [-0.2, -0.15) is 0 Å². The molecule has 6 nitrogen and oxygen atoms in total. The first kappa shape index (κ1) is 20.6. The Labute approximate surface area is 170 Å². The third kappa shape index (κ3) is 5.02. The SMILES string of the molecule is CCOC(=O)Cc1nc2ccccc2c(=O)n1CCCOc1ccc(C)cc1C. The number of hydrogen-bond donors (Lipinski definition) is 0. The fraction of sp³-hybridized carbons (Fsp3) is 0.348. The topological polar surface area (TPSA) is 70.4 Å². The molecule has 3 aromatic rings. The Hall–Kier alpha value is -3.15. The second-order valence-corrected chi connectivity index (χ2v) is 6.95. The van der Waals surface area contributed by atoms with Crippen LogP contribution in [0.3, 0.4) is 0 Å². The number of rotatable bonds is 8. The largest absolute Gasteiger partial charge is 0.493 e. The molecule has 0 N–H and O–H groups in total. The average molecular weight is 394 g/mol. The van der Waals surface area contributed by atoms with E-state index < -0.39 is 5.97 Å². The number of hydrogen-bond acceptors (Lipinski definition) is 5. The van der Waals surface area contributed by atoms with Crippen LogP contribution in [0.1, 0.15) is 30.3 Å². The van der Waals surface area contributed by atoms with Crippen molar-refractivity contribution in [2.75, 3.05) is 13.2 Å². The van der Waals surface area contributed by atoms with Crippen LogP contribution in [-0.2, 0) is 22.5 Å². The van der Waals surface area contributed by atoms with Crippen molar-refractivity contribution < 1.29 is 14.3 Å². The molecule has 1 aromatic heterocycles. The minimum Gasteiger partial charge on any atom is -0.493 e. The number of aryl methyl sites for hydroxylation is 2. The van der Waals surface area contributed by atoms with Crippen molar-refractivity contribution >= 4 is 16.9 Å². The quantitative estimate of drug-likeness (QED) is 0.431. The summed E-state index contributed by atoms with van der Waals surface area (Å²) in [5.74, 6) is 0.861. The molecule has 0 saturated heterocycles. The molecule has 0 saturated carbocycles. The number of carbonyl (C=O) groups excluding carboxylic acids is 1. The molecule has 29 heavy (non-hydrogen) atoms. The number of aromatic nitrogens is 2. The van der Waals surface area contributed by atoms with E-state index >= 15 is 0 Å². The summed E-state index contributed by atoms with van der Waals surface area (Å²) in [6.45, 7) is 6.97. The summed E-state index contributed by atoms with van der Waals surface area (Å²) in [6, 6.07) is 13.2. The predicted molar refractivity (Wildman–Crippen MR) is 112 cm³/mol. The molecule has 6 heteroatoms. The molecule has 0 aliphatic heterocycles. The average Bonchev–Trinajstić information content (AvgIpc) is 2.68. The maximum atomic E-state index is 13.0. The fourth-order valence-electron chi connectivity index (χ4n) is 3.29. The third-order valence-electron chi connectivity index (χ3n) is 4.66. The molecule has 0 radical (unpaired) electrons. The van der Waals surface area contributed by atoms with Crippen LogP contribution in [0.15, 0.2) is 47.3 Å². The van der Waals surface area contributed by atoms with Gasteiger partial charge in [-0.15, -0.1) is 0 Å². The number of benzene rings is 2. The van der Waals surface area contributed by atoms with Gasteiger partial charge in [-0.1, -0.05) is 29.8 Å². The predicted octanol–water partition coefficient (Wildman–Crippen LogP) is 3.59. The van der Waals surface area contributed by atoms with Crippen molar-refractivity contribution in [3.8, 4) is 5.75 Å². The Morgan fingerprint density at radius 1 is 1.14 bits per heavy atom. The summed E-state index contributed by atoms with van der Waals surface area (Å²) in [4.78, 5) is 29.5. The summed E-state index contributed by atoms with van der Waals surface area (Å²) >= 11 is 0. The Morgan fingerprint density at radius 2 is 1.93 bits per heavy atom. The molecule has 152 valence electrons. The first-order chi connectivity index (χ1) is 14.0. The Bertz CT molecular complexity index is 1070. The Kier molecular flexibility index (Phi) is 6.65. The lowest BCUT2D eigenvalue weighted by Gasteiger charge is -2.14. The van der Waals surface area contributed by atoms with E-state index in [2.05, 4.69) is 11.1 Å². The molecular formula is C23H26N2O4. The van der Waals surface area contributed by atoms with E-state index in [1.807, 2.05) is 38.1 Å². The van der Waals surface area contributed by atoms with Crippen LogP contribution < -0.4 is 10.3 Å². The highest BCUT2D eigenvalue weighted by atomic mass is 16.5. The van der Waals surface area contributed by atoms with Crippen LogP contribution in [-0.4, -0.2) is 28.7 Å². The van der Waals surface area contributed by atoms with Crippen LogP contribution in [0.4, 0.5) is 0 Å². The van der Waals surface area contributed by atoms with Gasteiger partial charge in [-0.3, -0.25) is 14.2 Å². The van der Waals surface area contributed by atoms with Gasteiger partial charge in [0.25, 0.3) is 5.56 Å². The molecule has 0 aliphatic carbocycles. The maximum absolute atomic E-state index is 13.0. The van der Waals surface area contributed by atoms with E-state index in [0.29, 0.717) is 42.9 Å². The standard InChI is InChI=1S/C23H26N2O4/c1-4-28-22(26)15-21-24-19-9-6-5-8-18(19)23(27)25(21)12-7-13-29-20-11-10-16(2)14-17(20)3/h5-6,8-11,14H,4,7,12-13,15H2,1-3H3. The Balaban J connectivity index is 1.78.